The van der Waals surface area contributed by atoms with Gasteiger partial charge in [-0.2, -0.15) is 5.10 Å². The van der Waals surface area contributed by atoms with Gasteiger partial charge < -0.3 is 15.4 Å². The lowest BCUT2D eigenvalue weighted by Crippen LogP contribution is -2.55. The van der Waals surface area contributed by atoms with Crippen molar-refractivity contribution in [3.8, 4) is 0 Å². The molecule has 1 aliphatic heterocycles. The topological polar surface area (TPSA) is 85.2 Å². The lowest BCUT2D eigenvalue weighted by molar-refractivity contribution is -0.147. The molecule has 0 aliphatic carbocycles. The zero-order valence-corrected chi connectivity index (χ0v) is 14.4. The molecule has 1 saturated heterocycles. The Labute approximate surface area is 142 Å². The van der Waals surface area contributed by atoms with Gasteiger partial charge in [0.1, 0.15) is 5.54 Å². The Kier molecular flexibility index (Phi) is 7.51. The minimum atomic E-state index is -0.677. The van der Waals surface area contributed by atoms with Gasteiger partial charge >= 0.3 is 5.97 Å². The van der Waals surface area contributed by atoms with Crippen LogP contribution in [0.5, 0.6) is 0 Å². The van der Waals surface area contributed by atoms with Crippen molar-refractivity contribution in [1.82, 2.24) is 20.4 Å². The second-order valence-corrected chi connectivity index (χ2v) is 5.60. The third kappa shape index (κ3) is 4.45. The van der Waals surface area contributed by atoms with Gasteiger partial charge in [0.05, 0.1) is 12.5 Å². The standard InChI is InChI=1S/C15H24N4O3.ClH/c1-3-22-13(20)12(2)11-17-14(21)15(5-8-16-9-6-15)19-10-4-7-18-19;/h4,7,10,12,16H,3,5-6,8-9,11H2,1-2H3,(H,17,21);1H. The zero-order chi connectivity index (χ0) is 16.0. The molecule has 0 bridgehead atoms. The highest BCUT2D eigenvalue weighted by Crippen LogP contribution is 2.27. The van der Waals surface area contributed by atoms with E-state index in [0.29, 0.717) is 19.4 Å². The van der Waals surface area contributed by atoms with Gasteiger partial charge in [-0.25, -0.2) is 0 Å². The van der Waals surface area contributed by atoms with E-state index in [-0.39, 0.29) is 36.7 Å². The fraction of sp³-hybridized carbons (Fsp3) is 0.667. The average molecular weight is 345 g/mol. The molecule has 1 aromatic rings. The van der Waals surface area contributed by atoms with Gasteiger partial charge in [-0.3, -0.25) is 14.3 Å². The minimum Gasteiger partial charge on any atom is -0.466 e. The lowest BCUT2D eigenvalue weighted by atomic mass is 9.87. The van der Waals surface area contributed by atoms with Crippen molar-refractivity contribution in [2.75, 3.05) is 26.2 Å². The summed E-state index contributed by atoms with van der Waals surface area (Å²) in [7, 11) is 0. The fourth-order valence-corrected chi connectivity index (χ4v) is 2.70. The molecule has 8 heteroatoms. The SMILES string of the molecule is CCOC(=O)C(C)CNC(=O)C1(n2cccn2)CCNCC1.Cl. The molecule has 23 heavy (non-hydrogen) atoms. The number of nitrogens with zero attached hydrogens (tertiary/aromatic N) is 2. The average Bonchev–Trinajstić information content (AvgIpc) is 3.08. The number of aromatic nitrogens is 2. The van der Waals surface area contributed by atoms with E-state index in [1.165, 1.54) is 0 Å². The van der Waals surface area contributed by atoms with Gasteiger partial charge in [0.25, 0.3) is 0 Å². The predicted molar refractivity (Wildman–Crippen MR) is 88.4 cm³/mol. The van der Waals surface area contributed by atoms with Crippen molar-refractivity contribution in [3.63, 3.8) is 0 Å². The number of carbonyl (C=O) groups excluding carboxylic acids is 2. The van der Waals surface area contributed by atoms with Crippen molar-refractivity contribution in [2.45, 2.75) is 32.2 Å². The van der Waals surface area contributed by atoms with Crippen LogP contribution in [0.1, 0.15) is 26.7 Å². The van der Waals surface area contributed by atoms with E-state index in [4.69, 9.17) is 4.74 Å². The molecule has 0 saturated carbocycles. The number of amides is 1. The van der Waals surface area contributed by atoms with Crippen LogP contribution >= 0.6 is 12.4 Å². The number of piperidine rings is 1. The fourth-order valence-electron chi connectivity index (χ4n) is 2.70. The molecule has 2 rings (SSSR count). The summed E-state index contributed by atoms with van der Waals surface area (Å²) in [5.74, 6) is -0.740. The van der Waals surface area contributed by atoms with Gasteiger partial charge in [0.15, 0.2) is 0 Å². The van der Waals surface area contributed by atoms with E-state index in [1.807, 2.05) is 12.3 Å². The van der Waals surface area contributed by atoms with E-state index >= 15 is 0 Å². The molecule has 0 spiro atoms. The molecule has 130 valence electrons. The molecule has 1 amide bonds. The minimum absolute atomic E-state index is 0. The number of nitrogens with one attached hydrogen (secondary N) is 2. The zero-order valence-electron chi connectivity index (χ0n) is 13.6. The summed E-state index contributed by atoms with van der Waals surface area (Å²) in [5.41, 5.74) is -0.677. The van der Waals surface area contributed by atoms with Crippen LogP contribution in [0.3, 0.4) is 0 Å². The molecule has 1 atom stereocenters. The highest BCUT2D eigenvalue weighted by molar-refractivity contribution is 5.85. The number of carbonyl (C=O) groups is 2. The Morgan fingerprint density at radius 3 is 2.70 bits per heavy atom. The van der Waals surface area contributed by atoms with Crippen LogP contribution in [0, 0.1) is 5.92 Å². The Morgan fingerprint density at radius 2 is 2.13 bits per heavy atom. The molecule has 0 radical (unpaired) electrons. The van der Waals surface area contributed by atoms with Crippen molar-refractivity contribution in [2.24, 2.45) is 5.92 Å². The van der Waals surface area contributed by atoms with Gasteiger partial charge in [-0.1, -0.05) is 6.92 Å². The van der Waals surface area contributed by atoms with Gasteiger partial charge in [-0.05, 0) is 38.9 Å². The molecule has 7 nitrogen and oxygen atoms in total. The smallest absolute Gasteiger partial charge is 0.310 e. The summed E-state index contributed by atoms with van der Waals surface area (Å²) in [6.45, 7) is 5.67. The third-order valence-electron chi connectivity index (χ3n) is 4.05. The van der Waals surface area contributed by atoms with Gasteiger partial charge in [0, 0.05) is 18.9 Å². The second kappa shape index (κ2) is 8.88. The Balaban J connectivity index is 0.00000264. The van der Waals surface area contributed by atoms with E-state index in [1.54, 1.807) is 24.7 Å². The summed E-state index contributed by atoms with van der Waals surface area (Å²) in [5, 5.41) is 10.4. The van der Waals surface area contributed by atoms with Gasteiger partial charge in [0.2, 0.25) is 5.91 Å². The van der Waals surface area contributed by atoms with Crippen LogP contribution in [0.25, 0.3) is 0 Å². The number of hydrogen-bond acceptors (Lipinski definition) is 5. The first-order valence-electron chi connectivity index (χ1n) is 7.76. The summed E-state index contributed by atoms with van der Waals surface area (Å²) in [6.07, 6.45) is 4.85. The molecule has 1 unspecified atom stereocenters. The van der Waals surface area contributed by atoms with Gasteiger partial charge in [-0.15, -0.1) is 12.4 Å². The first kappa shape index (κ1) is 19.4. The van der Waals surface area contributed by atoms with Crippen LogP contribution < -0.4 is 10.6 Å². The second-order valence-electron chi connectivity index (χ2n) is 5.60. The number of ether oxygens (including phenoxy) is 1. The van der Waals surface area contributed by atoms with Crippen LogP contribution in [0.4, 0.5) is 0 Å². The highest BCUT2D eigenvalue weighted by Gasteiger charge is 2.42. The third-order valence-corrected chi connectivity index (χ3v) is 4.05. The lowest BCUT2D eigenvalue weighted by Gasteiger charge is -2.36. The predicted octanol–water partition coefficient (Wildman–Crippen LogP) is 0.699. The number of esters is 1. The maximum absolute atomic E-state index is 12.8. The summed E-state index contributed by atoms with van der Waals surface area (Å²) >= 11 is 0. The first-order valence-corrected chi connectivity index (χ1v) is 7.76. The molecular weight excluding hydrogens is 320 g/mol. The molecule has 0 aromatic carbocycles. The molecule has 2 N–H and O–H groups in total. The summed E-state index contributed by atoms with van der Waals surface area (Å²) in [4.78, 5) is 24.4. The Morgan fingerprint density at radius 1 is 1.43 bits per heavy atom. The highest BCUT2D eigenvalue weighted by atomic mass is 35.5. The summed E-state index contributed by atoms with van der Waals surface area (Å²) in [6, 6.07) is 1.82. The number of hydrogen-bond donors (Lipinski definition) is 2. The van der Waals surface area contributed by atoms with E-state index in [9.17, 15) is 9.59 Å². The molecular formula is C15H25ClN4O3. The largest absolute Gasteiger partial charge is 0.466 e. The van der Waals surface area contributed by atoms with Crippen molar-refractivity contribution >= 4 is 24.3 Å². The van der Waals surface area contributed by atoms with Crippen LogP contribution in [-0.4, -0.2) is 47.9 Å². The normalized spacial score (nSPS) is 17.7. The van der Waals surface area contributed by atoms with E-state index < -0.39 is 5.54 Å². The van der Waals surface area contributed by atoms with Crippen LogP contribution in [0.2, 0.25) is 0 Å². The Bertz CT molecular complexity index is 501. The molecule has 1 aliphatic rings. The Hall–Kier alpha value is -1.60. The number of rotatable bonds is 6. The van der Waals surface area contributed by atoms with Crippen molar-refractivity contribution < 1.29 is 14.3 Å². The molecule has 1 fully saturated rings. The quantitative estimate of drug-likeness (QED) is 0.742. The number of halogens is 1. The maximum atomic E-state index is 12.8. The summed E-state index contributed by atoms with van der Waals surface area (Å²) < 4.78 is 6.70. The van der Waals surface area contributed by atoms with Crippen LogP contribution in [-0.2, 0) is 19.9 Å². The molecule has 1 aromatic heterocycles. The van der Waals surface area contributed by atoms with Crippen molar-refractivity contribution in [3.05, 3.63) is 18.5 Å². The van der Waals surface area contributed by atoms with E-state index in [0.717, 1.165) is 13.1 Å². The maximum Gasteiger partial charge on any atom is 0.310 e. The molecule has 2 heterocycles. The monoisotopic (exact) mass is 344 g/mol. The van der Waals surface area contributed by atoms with Crippen molar-refractivity contribution in [1.29, 1.82) is 0 Å². The van der Waals surface area contributed by atoms with E-state index in [2.05, 4.69) is 15.7 Å². The van der Waals surface area contributed by atoms with Crippen LogP contribution in [0.15, 0.2) is 18.5 Å². The first-order chi connectivity index (χ1) is 10.6.